The molecule has 7 aliphatic rings. The third-order valence-electron chi connectivity index (χ3n) is 25.9. The maximum Gasteiger partial charge on any atom is 0.508 e. The van der Waals surface area contributed by atoms with Gasteiger partial charge in [0.2, 0.25) is 0 Å². The second kappa shape index (κ2) is 61.9. The van der Waals surface area contributed by atoms with Crippen LogP contribution < -0.4 is 0 Å². The van der Waals surface area contributed by atoms with Gasteiger partial charge in [0.25, 0.3) is 0 Å². The van der Waals surface area contributed by atoms with Gasteiger partial charge in [0, 0.05) is 60.3 Å². The molecule has 4 N–H and O–H groups in total. The number of hydrogen-bond donors (Lipinski definition) is 4. The van der Waals surface area contributed by atoms with Gasteiger partial charge < -0.3 is 139 Å². The van der Waals surface area contributed by atoms with Crippen molar-refractivity contribution in [2.75, 3.05) is 104 Å². The third kappa shape index (κ3) is 31.5. The van der Waals surface area contributed by atoms with E-state index >= 15 is 9.59 Å². The van der Waals surface area contributed by atoms with Gasteiger partial charge in [0.15, 0.2) is 62.2 Å². The third-order valence-corrected chi connectivity index (χ3v) is 26.6. The summed E-state index contributed by atoms with van der Waals surface area (Å²) in [6, 6.07) is 33.2. The van der Waals surface area contributed by atoms with E-state index < -0.39 is 289 Å². The SMILES string of the molecule is CCCCOC1C(N=[N+]=[N-])C(OC2C(COC(=O)CCl)OC(OC3C(CO)OC(OC4C(COC(=O)CCl)OC(OC5C(CO)OC(OC6C(COC(=O)CCl)OC(O)C(OC(=O)c7ccccc7)C6OCCCC)C(N=[N+]=[N-])C5OCCCC)C(OC(=O)c5ccccc5)C4OCCCC)C(N=[N+]=[N-])C3OCCCC)C(OC(=O)c3ccccc3)C2OCCCC)OC(CO)C1OC(=O)OCC1c2ccccc2-c2ccccc21. The molecule has 6 heterocycles. The summed E-state index contributed by atoms with van der Waals surface area (Å²) < 4.78 is 164. The average Bonchev–Trinajstić information content (AvgIpc) is 1.30. The Hall–Kier alpha value is -9.85. The highest BCUT2D eigenvalue weighted by Crippen LogP contribution is 2.47. The average molecular weight is 2170 g/mol. The summed E-state index contributed by atoms with van der Waals surface area (Å²) in [5, 5.41) is 60.1. The van der Waals surface area contributed by atoms with Crippen molar-refractivity contribution >= 4 is 76.8 Å². The summed E-state index contributed by atoms with van der Waals surface area (Å²) in [6.45, 7) is 4.95. The lowest BCUT2D eigenvalue weighted by Gasteiger charge is -2.52. The van der Waals surface area contributed by atoms with Gasteiger partial charge >= 0.3 is 42.0 Å². The summed E-state index contributed by atoms with van der Waals surface area (Å²) in [4.78, 5) is 109. The minimum Gasteiger partial charge on any atom is -0.462 e. The number of fused-ring (bicyclic) bond motifs is 3. The zero-order chi connectivity index (χ0) is 107. The minimum atomic E-state index is -2.05. The van der Waals surface area contributed by atoms with Gasteiger partial charge in [-0.25, -0.2) is 19.2 Å². The van der Waals surface area contributed by atoms with Crippen LogP contribution in [0.2, 0.25) is 0 Å². The number of aliphatic hydroxyl groups is 4. The molecule has 30 atom stereocenters. The largest absolute Gasteiger partial charge is 0.508 e. The molecule has 6 saturated heterocycles. The first-order valence-corrected chi connectivity index (χ1v) is 52.2. The zero-order valence-electron chi connectivity index (χ0n) is 84.0. The lowest BCUT2D eigenvalue weighted by atomic mass is 9.93. The molecule has 1 aliphatic carbocycles. The van der Waals surface area contributed by atoms with Crippen LogP contribution in [0.5, 0.6) is 0 Å². The van der Waals surface area contributed by atoms with Crippen LogP contribution in [0.1, 0.15) is 167 Å². The standard InChI is InChI=1S/C102H132Cl3N9O36/c1-7-13-42-126-84-75(109-112-106)97(145-81-69(55-132-72(118)48-103)136-96(124)90(87(81)129-45-16-10-4)142-93(121)58-32-22-19-23-33-58)137-66(51-115)78(84)148-100-91(143-94(122)59-34-24-20-25-35-59)88(130-46-17-11-5)82(70(140-100)56-133-73(119)49-104)146-98-76(110-113-107)85(127-43-14-8-2)79(67(52-116)138-98)149-101-92(144-95(123)60-36-26-21-27-37-60)89(131-47-18-12-6)83(71(141-101)57-134-74(120)50-105)147-99-77(111-114-108)86(128-44-15-9-3)80(68(53-117)139-99)150-102(125)135-54-65-63-40-30-28-38-61(63)62-39-29-31-41-64(62)65/h19-41,65-71,75-92,96-101,115-117,124H,7-18,42-57H2,1-6H3. The number of benzene rings is 5. The fraction of sp³-hybridized carbons (Fsp3) is 0.637. The van der Waals surface area contributed by atoms with Gasteiger partial charge in [-0.3, -0.25) is 14.4 Å². The molecule has 0 aromatic heterocycles. The molecule has 30 unspecified atom stereocenters. The van der Waals surface area contributed by atoms with Crippen molar-refractivity contribution in [3.63, 3.8) is 0 Å². The van der Waals surface area contributed by atoms with E-state index in [-0.39, 0.29) is 69.4 Å². The van der Waals surface area contributed by atoms with Crippen molar-refractivity contribution in [2.24, 2.45) is 15.3 Å². The molecule has 150 heavy (non-hydrogen) atoms. The molecule has 0 radical (unpaired) electrons. The molecule has 12 rings (SSSR count). The van der Waals surface area contributed by atoms with E-state index in [0.717, 1.165) is 22.3 Å². The van der Waals surface area contributed by atoms with Gasteiger partial charge in [-0.05, 0) is 114 Å². The van der Waals surface area contributed by atoms with Gasteiger partial charge in [0.1, 0.15) is 154 Å². The van der Waals surface area contributed by atoms with Crippen LogP contribution in [0.15, 0.2) is 155 Å². The number of esters is 6. The topological polar surface area (TPSA) is 577 Å². The highest BCUT2D eigenvalue weighted by Gasteiger charge is 2.63. The van der Waals surface area contributed by atoms with Gasteiger partial charge in [-0.2, -0.15) is 0 Å². The summed E-state index contributed by atoms with van der Waals surface area (Å²) in [7, 11) is 0. The van der Waals surface area contributed by atoms with Gasteiger partial charge in [-0.15, -0.1) is 34.8 Å². The molecule has 0 saturated carbocycles. The lowest BCUT2D eigenvalue weighted by molar-refractivity contribution is -0.387. The van der Waals surface area contributed by atoms with Crippen molar-refractivity contribution in [1.29, 1.82) is 0 Å². The van der Waals surface area contributed by atoms with E-state index in [2.05, 4.69) is 30.1 Å². The smallest absolute Gasteiger partial charge is 0.462 e. The van der Waals surface area contributed by atoms with Crippen molar-refractivity contribution < 1.29 is 172 Å². The number of azide groups is 3. The molecule has 6 fully saturated rings. The summed E-state index contributed by atoms with van der Waals surface area (Å²) in [5.41, 5.74) is 36.1. The Balaban J connectivity index is 0.917. The Morgan fingerprint density at radius 2 is 0.587 bits per heavy atom. The van der Waals surface area contributed by atoms with Gasteiger partial charge in [-0.1, -0.05) is 199 Å². The lowest BCUT2D eigenvalue weighted by Crippen LogP contribution is -2.69. The molecule has 5 aromatic rings. The van der Waals surface area contributed by atoms with Crippen LogP contribution >= 0.6 is 34.8 Å². The van der Waals surface area contributed by atoms with Crippen molar-refractivity contribution in [3.05, 3.63) is 199 Å². The quantitative estimate of drug-likeness (QED) is 0.00534. The fourth-order valence-corrected chi connectivity index (χ4v) is 18.6. The van der Waals surface area contributed by atoms with Crippen LogP contribution in [0.4, 0.5) is 4.79 Å². The molecular weight excluding hydrogens is 2030 g/mol. The first kappa shape index (κ1) is 119. The van der Waals surface area contributed by atoms with Crippen LogP contribution in [0.3, 0.4) is 0 Å². The molecule has 45 nitrogen and oxygen atoms in total. The number of carbonyl (C=O) groups is 7. The van der Waals surface area contributed by atoms with Crippen LogP contribution in [-0.2, 0) is 133 Å². The molecule has 0 amide bonds. The Kier molecular flexibility index (Phi) is 49.0. The predicted octanol–water partition coefficient (Wildman–Crippen LogP) is 12.7. The summed E-state index contributed by atoms with van der Waals surface area (Å²) >= 11 is 18.3. The van der Waals surface area contributed by atoms with E-state index in [1.807, 2.05) is 90.1 Å². The normalized spacial score (nSPS) is 30.0. The molecule has 0 bridgehead atoms. The molecule has 48 heteroatoms. The number of ether oxygens (including phenoxy) is 25. The highest BCUT2D eigenvalue weighted by atomic mass is 35.5. The Morgan fingerprint density at radius 3 is 0.907 bits per heavy atom. The minimum absolute atomic E-state index is 0.0260. The maximum absolute atomic E-state index is 15.2. The second-order valence-corrected chi connectivity index (χ2v) is 36.9. The summed E-state index contributed by atoms with van der Waals surface area (Å²) in [5.74, 6) is -8.41. The van der Waals surface area contributed by atoms with E-state index in [9.17, 15) is 61.0 Å². The number of halogens is 3. The first-order chi connectivity index (χ1) is 73.1. The molecular formula is C102H132Cl3N9O36. The number of rotatable bonds is 58. The number of aliphatic hydroxyl groups excluding tert-OH is 4. The molecule has 5 aromatic carbocycles. The van der Waals surface area contributed by atoms with Crippen LogP contribution in [0, 0.1) is 0 Å². The maximum atomic E-state index is 15.2. The highest BCUT2D eigenvalue weighted by molar-refractivity contribution is 6.27. The zero-order valence-corrected chi connectivity index (χ0v) is 86.3. The van der Waals surface area contributed by atoms with E-state index in [4.69, 9.17) is 153 Å². The Morgan fingerprint density at radius 1 is 0.313 bits per heavy atom. The first-order valence-electron chi connectivity index (χ1n) is 50.6. The van der Waals surface area contributed by atoms with E-state index in [1.165, 1.54) is 36.4 Å². The molecule has 6 aliphatic heterocycles. The van der Waals surface area contributed by atoms with Crippen molar-refractivity contribution in [3.8, 4) is 11.1 Å². The van der Waals surface area contributed by atoms with Crippen molar-refractivity contribution in [2.45, 2.75) is 309 Å². The molecule has 0 spiro atoms. The van der Waals surface area contributed by atoms with Crippen LogP contribution in [-0.4, -0.2) is 350 Å². The molecule has 822 valence electrons. The number of hydrogen-bond acceptors (Lipinski definition) is 39. The van der Waals surface area contributed by atoms with E-state index in [1.54, 1.807) is 54.6 Å². The second-order valence-electron chi connectivity index (χ2n) is 36.1. The number of carbonyl (C=O) groups excluding carboxylic acids is 7. The van der Waals surface area contributed by atoms with Crippen molar-refractivity contribution in [1.82, 2.24) is 0 Å². The fourth-order valence-electron chi connectivity index (χ4n) is 18.4. The van der Waals surface area contributed by atoms with Gasteiger partial charge in [0.05, 0.1) is 48.7 Å². The Bertz CT molecular complexity index is 5130. The van der Waals surface area contributed by atoms with E-state index in [0.29, 0.717) is 70.6 Å². The number of unbranched alkanes of at least 4 members (excludes halogenated alkanes) is 6. The number of alkyl halides is 3. The monoisotopic (exact) mass is 2160 g/mol. The van der Waals surface area contributed by atoms with Crippen LogP contribution in [0.25, 0.3) is 42.5 Å². The summed E-state index contributed by atoms with van der Waals surface area (Å²) in [6.07, 6.45) is -43.7. The number of nitrogens with zero attached hydrogens (tertiary/aromatic N) is 9. The Labute approximate surface area is 881 Å². The predicted molar refractivity (Wildman–Crippen MR) is 528 cm³/mol.